The molecule has 0 saturated heterocycles. The van der Waals surface area contributed by atoms with Gasteiger partial charge in [-0.15, -0.1) is 12.6 Å². The molecule has 1 fully saturated rings. The van der Waals surface area contributed by atoms with Gasteiger partial charge >= 0.3 is 0 Å². The second-order valence-corrected chi connectivity index (χ2v) is 6.64. The fourth-order valence-electron chi connectivity index (χ4n) is 2.88. The summed E-state index contributed by atoms with van der Waals surface area (Å²) < 4.78 is 0. The Balaban J connectivity index is 2.23. The summed E-state index contributed by atoms with van der Waals surface area (Å²) in [6.45, 7) is 1.65. The SMILES string of the molecule is CC(=N)/C=C(\S)Nc1cc(N[C@@H]2CCCC[C@@H]2N)ccc1C(N)=O. The molecule has 130 valence electrons. The van der Waals surface area contributed by atoms with Crippen molar-refractivity contribution in [2.45, 2.75) is 44.7 Å². The van der Waals surface area contributed by atoms with E-state index in [1.807, 2.05) is 12.1 Å². The minimum atomic E-state index is -0.522. The van der Waals surface area contributed by atoms with E-state index in [2.05, 4.69) is 23.3 Å². The van der Waals surface area contributed by atoms with Gasteiger partial charge in [-0.3, -0.25) is 4.79 Å². The lowest BCUT2D eigenvalue weighted by Crippen LogP contribution is -2.42. The second kappa shape index (κ2) is 8.21. The van der Waals surface area contributed by atoms with Crippen molar-refractivity contribution in [3.8, 4) is 0 Å². The van der Waals surface area contributed by atoms with E-state index in [1.54, 1.807) is 19.1 Å². The summed E-state index contributed by atoms with van der Waals surface area (Å²) in [5, 5.41) is 14.4. The number of benzene rings is 1. The van der Waals surface area contributed by atoms with Crippen molar-refractivity contribution in [3.63, 3.8) is 0 Å². The minimum absolute atomic E-state index is 0.131. The topological polar surface area (TPSA) is 117 Å². The van der Waals surface area contributed by atoms with Gasteiger partial charge < -0.3 is 27.5 Å². The van der Waals surface area contributed by atoms with Gasteiger partial charge in [0, 0.05) is 23.5 Å². The zero-order chi connectivity index (χ0) is 17.7. The van der Waals surface area contributed by atoms with E-state index in [1.165, 1.54) is 6.42 Å². The number of thiol groups is 1. The Hall–Kier alpha value is -1.99. The summed E-state index contributed by atoms with van der Waals surface area (Å²) in [7, 11) is 0. The van der Waals surface area contributed by atoms with Crippen LogP contribution in [0.1, 0.15) is 43.0 Å². The minimum Gasteiger partial charge on any atom is -0.381 e. The average molecular weight is 347 g/mol. The van der Waals surface area contributed by atoms with Crippen LogP contribution in [0.15, 0.2) is 29.3 Å². The highest BCUT2D eigenvalue weighted by atomic mass is 32.1. The fourth-order valence-corrected chi connectivity index (χ4v) is 3.20. The molecule has 2 atom stereocenters. The first kappa shape index (κ1) is 18.4. The highest BCUT2D eigenvalue weighted by Gasteiger charge is 2.21. The lowest BCUT2D eigenvalue weighted by atomic mass is 9.91. The zero-order valence-electron chi connectivity index (χ0n) is 13.8. The van der Waals surface area contributed by atoms with Crippen molar-refractivity contribution in [1.29, 1.82) is 5.41 Å². The molecule has 0 bridgehead atoms. The number of amides is 1. The molecule has 0 aliphatic heterocycles. The summed E-state index contributed by atoms with van der Waals surface area (Å²) in [6.07, 6.45) is 5.95. The molecule has 0 spiro atoms. The number of rotatable bonds is 6. The Labute approximate surface area is 148 Å². The Morgan fingerprint density at radius 3 is 2.71 bits per heavy atom. The molecule has 7 heteroatoms. The summed E-state index contributed by atoms with van der Waals surface area (Å²) in [6, 6.07) is 5.69. The van der Waals surface area contributed by atoms with E-state index >= 15 is 0 Å². The first-order valence-corrected chi connectivity index (χ1v) is 8.50. The van der Waals surface area contributed by atoms with Crippen LogP contribution in [-0.4, -0.2) is 23.7 Å². The van der Waals surface area contributed by atoms with Crippen molar-refractivity contribution in [2.75, 3.05) is 10.6 Å². The van der Waals surface area contributed by atoms with Crippen LogP contribution in [0.4, 0.5) is 11.4 Å². The Morgan fingerprint density at radius 1 is 1.38 bits per heavy atom. The summed E-state index contributed by atoms with van der Waals surface area (Å²) in [5.74, 6) is -0.522. The van der Waals surface area contributed by atoms with Gasteiger partial charge in [-0.2, -0.15) is 0 Å². The molecule has 7 N–H and O–H groups in total. The lowest BCUT2D eigenvalue weighted by Gasteiger charge is -2.30. The summed E-state index contributed by atoms with van der Waals surface area (Å²) in [4.78, 5) is 11.6. The monoisotopic (exact) mass is 347 g/mol. The van der Waals surface area contributed by atoms with Crippen LogP contribution in [0.3, 0.4) is 0 Å². The van der Waals surface area contributed by atoms with E-state index in [0.29, 0.717) is 22.0 Å². The van der Waals surface area contributed by atoms with Crippen LogP contribution < -0.4 is 22.1 Å². The summed E-state index contributed by atoms with van der Waals surface area (Å²) >= 11 is 4.29. The number of allylic oxidation sites excluding steroid dienone is 1. The van der Waals surface area contributed by atoms with Gasteiger partial charge in [0.2, 0.25) is 0 Å². The largest absolute Gasteiger partial charge is 0.381 e. The number of carbonyl (C=O) groups is 1. The van der Waals surface area contributed by atoms with E-state index in [9.17, 15) is 4.79 Å². The number of primary amides is 1. The van der Waals surface area contributed by atoms with E-state index in [4.69, 9.17) is 16.9 Å². The third-order valence-corrected chi connectivity index (χ3v) is 4.31. The molecule has 1 aliphatic rings. The van der Waals surface area contributed by atoms with Crippen LogP contribution in [-0.2, 0) is 0 Å². The first-order valence-electron chi connectivity index (χ1n) is 8.05. The molecule has 0 radical (unpaired) electrons. The predicted molar refractivity (Wildman–Crippen MR) is 103 cm³/mol. The van der Waals surface area contributed by atoms with Gasteiger partial charge in [0.1, 0.15) is 0 Å². The lowest BCUT2D eigenvalue weighted by molar-refractivity contribution is 0.100. The van der Waals surface area contributed by atoms with Crippen LogP contribution in [0, 0.1) is 5.41 Å². The predicted octanol–water partition coefficient (Wildman–Crippen LogP) is 2.69. The van der Waals surface area contributed by atoms with Crippen molar-refractivity contribution in [3.05, 3.63) is 34.9 Å². The molecule has 1 amide bonds. The second-order valence-electron chi connectivity index (χ2n) is 6.16. The van der Waals surface area contributed by atoms with Gasteiger partial charge in [-0.05, 0) is 44.0 Å². The average Bonchev–Trinajstić information content (AvgIpc) is 2.48. The Kier molecular flexibility index (Phi) is 6.28. The summed E-state index contributed by atoms with van der Waals surface area (Å²) in [5.41, 5.74) is 13.8. The quantitative estimate of drug-likeness (QED) is 0.350. The molecular formula is C17H25N5OS. The van der Waals surface area contributed by atoms with Gasteiger partial charge in [0.25, 0.3) is 5.91 Å². The zero-order valence-corrected chi connectivity index (χ0v) is 14.7. The molecule has 1 saturated carbocycles. The molecule has 0 aromatic heterocycles. The van der Waals surface area contributed by atoms with Gasteiger partial charge in [-0.1, -0.05) is 12.8 Å². The Morgan fingerprint density at radius 2 is 2.08 bits per heavy atom. The highest BCUT2D eigenvalue weighted by molar-refractivity contribution is 7.84. The molecular weight excluding hydrogens is 322 g/mol. The number of hydrogen-bond acceptors (Lipinski definition) is 6. The molecule has 0 unspecified atom stereocenters. The van der Waals surface area contributed by atoms with E-state index in [-0.39, 0.29) is 12.1 Å². The smallest absolute Gasteiger partial charge is 0.250 e. The third-order valence-electron chi connectivity index (χ3n) is 4.07. The standard InChI is InChI=1S/C17H25N5OS/c1-10(18)8-16(24)22-15-9-11(6-7-12(15)17(20)23)21-14-5-3-2-4-13(14)19/h6-9,13-14,18,21-22,24H,2-5,19H2,1H3,(H2,20,23)/b16-8-,18-10?/t13-,14+/m0/s1. The maximum Gasteiger partial charge on any atom is 0.250 e. The van der Waals surface area contributed by atoms with Gasteiger partial charge in [0.15, 0.2) is 0 Å². The van der Waals surface area contributed by atoms with Crippen LogP contribution in [0.5, 0.6) is 0 Å². The van der Waals surface area contributed by atoms with E-state index < -0.39 is 5.91 Å². The van der Waals surface area contributed by atoms with Crippen LogP contribution in [0.25, 0.3) is 0 Å². The fraction of sp³-hybridized carbons (Fsp3) is 0.412. The molecule has 24 heavy (non-hydrogen) atoms. The van der Waals surface area contributed by atoms with Crippen molar-refractivity contribution in [2.24, 2.45) is 11.5 Å². The normalized spacial score (nSPS) is 21.2. The van der Waals surface area contributed by atoms with Gasteiger partial charge in [-0.25, -0.2) is 0 Å². The first-order chi connectivity index (χ1) is 11.4. The molecule has 1 aliphatic carbocycles. The molecule has 1 aromatic rings. The number of hydrogen-bond donors (Lipinski definition) is 6. The molecule has 6 nitrogen and oxygen atoms in total. The number of nitrogens with one attached hydrogen (secondary N) is 3. The van der Waals surface area contributed by atoms with Crippen molar-refractivity contribution >= 4 is 35.6 Å². The van der Waals surface area contributed by atoms with E-state index in [0.717, 1.165) is 24.9 Å². The number of nitrogens with two attached hydrogens (primary N) is 2. The third kappa shape index (κ3) is 5.01. The Bertz CT molecular complexity index is 658. The molecule has 1 aromatic carbocycles. The van der Waals surface area contributed by atoms with Crippen LogP contribution in [0.2, 0.25) is 0 Å². The number of anilines is 2. The maximum atomic E-state index is 11.6. The van der Waals surface area contributed by atoms with Crippen LogP contribution >= 0.6 is 12.6 Å². The van der Waals surface area contributed by atoms with Gasteiger partial charge in [0.05, 0.1) is 16.3 Å². The molecule has 2 rings (SSSR count). The van der Waals surface area contributed by atoms with Crippen molar-refractivity contribution in [1.82, 2.24) is 0 Å². The van der Waals surface area contributed by atoms with Crippen molar-refractivity contribution < 1.29 is 4.79 Å². The number of carbonyl (C=O) groups excluding carboxylic acids is 1. The molecule has 0 heterocycles. The highest BCUT2D eigenvalue weighted by Crippen LogP contribution is 2.26. The maximum absolute atomic E-state index is 11.6.